The third-order valence-electron chi connectivity index (χ3n) is 3.93. The molecule has 0 radical (unpaired) electrons. The lowest BCUT2D eigenvalue weighted by Gasteiger charge is -2.16. The molecular weight excluding hydrogens is 350 g/mol. The number of likely N-dealkylation sites (N-methyl/N-ethyl adjacent to an activating group) is 1. The van der Waals surface area contributed by atoms with Crippen LogP contribution in [0.4, 0.5) is 0 Å². The van der Waals surface area contributed by atoms with Gasteiger partial charge in [0.2, 0.25) is 5.91 Å². The number of halogens is 1. The number of hydrogen-bond acceptors (Lipinski definition) is 3. The van der Waals surface area contributed by atoms with Crippen LogP contribution in [0.2, 0.25) is 5.02 Å². The molecule has 0 heterocycles. The zero-order chi connectivity index (χ0) is 18.9. The fourth-order valence-electron chi connectivity index (χ4n) is 2.61. The number of amides is 2. The molecule has 2 N–H and O–H groups in total. The normalized spacial score (nSPS) is 10.6. The van der Waals surface area contributed by atoms with E-state index in [1.54, 1.807) is 19.2 Å². The molecule has 2 amide bonds. The molecule has 5 nitrogen and oxygen atoms in total. The van der Waals surface area contributed by atoms with Crippen molar-refractivity contribution < 1.29 is 9.59 Å². The molecule has 2 aromatic carbocycles. The van der Waals surface area contributed by atoms with Gasteiger partial charge in [-0.05, 0) is 48.9 Å². The summed E-state index contributed by atoms with van der Waals surface area (Å²) in [7, 11) is 3.50. The summed E-state index contributed by atoms with van der Waals surface area (Å²) < 4.78 is 0. The zero-order valence-electron chi connectivity index (χ0n) is 15.1. The lowest BCUT2D eigenvalue weighted by molar-refractivity contribution is -0.122. The highest BCUT2D eigenvalue weighted by molar-refractivity contribution is 6.30. The lowest BCUT2D eigenvalue weighted by atomic mass is 10.1. The SMILES string of the molecule is CNC(=O)c1ccc(CN(C)CC(=O)NCCc2cccc(Cl)c2)cc1. The van der Waals surface area contributed by atoms with E-state index in [9.17, 15) is 9.59 Å². The van der Waals surface area contributed by atoms with Gasteiger partial charge in [0.1, 0.15) is 0 Å². The smallest absolute Gasteiger partial charge is 0.251 e. The Morgan fingerprint density at radius 3 is 2.46 bits per heavy atom. The minimum Gasteiger partial charge on any atom is -0.355 e. The molecule has 2 rings (SSSR count). The van der Waals surface area contributed by atoms with Crippen LogP contribution < -0.4 is 10.6 Å². The van der Waals surface area contributed by atoms with E-state index in [2.05, 4.69) is 10.6 Å². The Bertz CT molecular complexity index is 747. The van der Waals surface area contributed by atoms with Crippen molar-refractivity contribution >= 4 is 23.4 Å². The average Bonchev–Trinajstić information content (AvgIpc) is 2.61. The molecule has 0 spiro atoms. The molecule has 0 aliphatic heterocycles. The average molecular weight is 374 g/mol. The molecule has 0 unspecified atom stereocenters. The second-order valence-corrected chi connectivity index (χ2v) is 6.61. The number of benzene rings is 2. The summed E-state index contributed by atoms with van der Waals surface area (Å²) in [6.07, 6.45) is 0.747. The number of carbonyl (C=O) groups excluding carboxylic acids is 2. The van der Waals surface area contributed by atoms with Crippen LogP contribution in [0.1, 0.15) is 21.5 Å². The van der Waals surface area contributed by atoms with Crippen molar-refractivity contribution in [2.24, 2.45) is 0 Å². The van der Waals surface area contributed by atoms with Crippen LogP contribution in [0.3, 0.4) is 0 Å². The summed E-state index contributed by atoms with van der Waals surface area (Å²) >= 11 is 5.95. The monoisotopic (exact) mass is 373 g/mol. The van der Waals surface area contributed by atoms with Gasteiger partial charge >= 0.3 is 0 Å². The number of nitrogens with one attached hydrogen (secondary N) is 2. The summed E-state index contributed by atoms with van der Waals surface area (Å²) in [4.78, 5) is 25.5. The summed E-state index contributed by atoms with van der Waals surface area (Å²) in [5.41, 5.74) is 2.77. The summed E-state index contributed by atoms with van der Waals surface area (Å²) in [5, 5.41) is 6.22. The van der Waals surface area contributed by atoms with Gasteiger partial charge in [-0.1, -0.05) is 35.9 Å². The standard InChI is InChI=1S/C20H24ClN3O2/c1-22-20(26)17-8-6-16(7-9-17)13-24(2)14-19(25)23-11-10-15-4-3-5-18(21)12-15/h3-9,12H,10-11,13-14H2,1-2H3,(H,22,26)(H,23,25). The first-order valence-corrected chi connectivity index (χ1v) is 8.86. The molecule has 0 aliphatic carbocycles. The molecule has 0 aliphatic rings. The van der Waals surface area contributed by atoms with Crippen molar-refractivity contribution in [2.75, 3.05) is 27.2 Å². The third-order valence-corrected chi connectivity index (χ3v) is 4.17. The molecule has 2 aromatic rings. The van der Waals surface area contributed by atoms with Crippen LogP contribution in [-0.4, -0.2) is 43.9 Å². The van der Waals surface area contributed by atoms with Crippen molar-refractivity contribution in [1.29, 1.82) is 0 Å². The second-order valence-electron chi connectivity index (χ2n) is 6.18. The van der Waals surface area contributed by atoms with E-state index in [0.717, 1.165) is 17.5 Å². The quantitative estimate of drug-likeness (QED) is 0.747. The van der Waals surface area contributed by atoms with E-state index < -0.39 is 0 Å². The second kappa shape index (κ2) is 9.94. The van der Waals surface area contributed by atoms with Gasteiger partial charge in [-0.2, -0.15) is 0 Å². The van der Waals surface area contributed by atoms with Crippen LogP contribution >= 0.6 is 11.6 Å². The van der Waals surface area contributed by atoms with Crippen molar-refractivity contribution in [3.8, 4) is 0 Å². The third kappa shape index (κ3) is 6.50. The maximum Gasteiger partial charge on any atom is 0.251 e. The maximum atomic E-state index is 12.1. The summed E-state index contributed by atoms with van der Waals surface area (Å²) in [6, 6.07) is 15.0. The van der Waals surface area contributed by atoms with E-state index in [-0.39, 0.29) is 11.8 Å². The molecule has 138 valence electrons. The lowest BCUT2D eigenvalue weighted by Crippen LogP contribution is -2.35. The Morgan fingerprint density at radius 2 is 1.81 bits per heavy atom. The van der Waals surface area contributed by atoms with Gasteiger partial charge in [0.05, 0.1) is 6.54 Å². The first kappa shape index (κ1) is 19.9. The maximum absolute atomic E-state index is 12.1. The van der Waals surface area contributed by atoms with Crippen molar-refractivity contribution in [3.05, 3.63) is 70.2 Å². The molecule has 6 heteroatoms. The first-order chi connectivity index (χ1) is 12.5. The minimum atomic E-state index is -0.107. The molecule has 0 bridgehead atoms. The highest BCUT2D eigenvalue weighted by atomic mass is 35.5. The molecule has 0 fully saturated rings. The Morgan fingerprint density at radius 1 is 1.08 bits per heavy atom. The van der Waals surface area contributed by atoms with Crippen LogP contribution in [0.25, 0.3) is 0 Å². The molecule has 0 aromatic heterocycles. The number of nitrogens with zero attached hydrogens (tertiary/aromatic N) is 1. The number of hydrogen-bond donors (Lipinski definition) is 2. The van der Waals surface area contributed by atoms with E-state index in [1.165, 1.54) is 0 Å². The predicted molar refractivity (Wildman–Crippen MR) is 104 cm³/mol. The van der Waals surface area contributed by atoms with Crippen LogP contribution in [0.15, 0.2) is 48.5 Å². The summed E-state index contributed by atoms with van der Waals surface area (Å²) in [5.74, 6) is -0.125. The van der Waals surface area contributed by atoms with Crippen molar-refractivity contribution in [2.45, 2.75) is 13.0 Å². The fourth-order valence-corrected chi connectivity index (χ4v) is 2.83. The molecule has 26 heavy (non-hydrogen) atoms. The van der Waals surface area contributed by atoms with Gasteiger partial charge in [0, 0.05) is 30.7 Å². The molecule has 0 saturated carbocycles. The Balaban J connectivity index is 1.73. The van der Waals surface area contributed by atoms with E-state index in [0.29, 0.717) is 30.2 Å². The van der Waals surface area contributed by atoms with Gasteiger partial charge in [0.15, 0.2) is 0 Å². The number of carbonyl (C=O) groups is 2. The highest BCUT2D eigenvalue weighted by Gasteiger charge is 2.08. The topological polar surface area (TPSA) is 61.4 Å². The largest absolute Gasteiger partial charge is 0.355 e. The predicted octanol–water partition coefficient (Wildman–Crippen LogP) is 2.49. The van der Waals surface area contributed by atoms with Crippen molar-refractivity contribution in [3.63, 3.8) is 0 Å². The molecular formula is C20H24ClN3O2. The molecule has 0 atom stereocenters. The summed E-state index contributed by atoms with van der Waals surface area (Å²) in [6.45, 7) is 1.52. The van der Waals surface area contributed by atoms with E-state index >= 15 is 0 Å². The minimum absolute atomic E-state index is 0.0171. The number of rotatable bonds is 8. The molecule has 0 saturated heterocycles. The first-order valence-electron chi connectivity index (χ1n) is 8.48. The Labute approximate surface area is 159 Å². The van der Waals surface area contributed by atoms with Gasteiger partial charge in [-0.15, -0.1) is 0 Å². The van der Waals surface area contributed by atoms with Crippen LogP contribution in [0, 0.1) is 0 Å². The van der Waals surface area contributed by atoms with Gasteiger partial charge in [-0.3, -0.25) is 14.5 Å². The van der Waals surface area contributed by atoms with E-state index in [4.69, 9.17) is 11.6 Å². The fraction of sp³-hybridized carbons (Fsp3) is 0.300. The van der Waals surface area contributed by atoms with E-state index in [1.807, 2.05) is 48.3 Å². The van der Waals surface area contributed by atoms with Gasteiger partial charge in [0.25, 0.3) is 5.91 Å². The van der Waals surface area contributed by atoms with Crippen molar-refractivity contribution in [1.82, 2.24) is 15.5 Å². The van der Waals surface area contributed by atoms with Crippen LogP contribution in [0.5, 0.6) is 0 Å². The van der Waals surface area contributed by atoms with Gasteiger partial charge < -0.3 is 10.6 Å². The Hall–Kier alpha value is -2.37. The zero-order valence-corrected chi connectivity index (χ0v) is 15.8. The Kier molecular flexibility index (Phi) is 7.63. The highest BCUT2D eigenvalue weighted by Crippen LogP contribution is 2.10. The van der Waals surface area contributed by atoms with Crippen LogP contribution in [-0.2, 0) is 17.8 Å². The van der Waals surface area contributed by atoms with Gasteiger partial charge in [-0.25, -0.2) is 0 Å².